The van der Waals surface area contributed by atoms with E-state index in [1.807, 2.05) is 30.3 Å². The maximum Gasteiger partial charge on any atom is 0.267 e. The van der Waals surface area contributed by atoms with Crippen molar-refractivity contribution in [3.8, 4) is 0 Å². The first-order valence-electron chi connectivity index (χ1n) is 8.44. The van der Waals surface area contributed by atoms with E-state index in [0.29, 0.717) is 4.90 Å². The van der Waals surface area contributed by atoms with Crippen LogP contribution in [0.3, 0.4) is 0 Å². The van der Waals surface area contributed by atoms with Crippen molar-refractivity contribution in [3.63, 3.8) is 0 Å². The fourth-order valence-electron chi connectivity index (χ4n) is 3.50. The molecular weight excluding hydrogens is 332 g/mol. The molecule has 0 bridgehead atoms. The van der Waals surface area contributed by atoms with E-state index in [2.05, 4.69) is 17.4 Å². The van der Waals surface area contributed by atoms with Crippen LogP contribution in [0.5, 0.6) is 0 Å². The van der Waals surface area contributed by atoms with Crippen LogP contribution in [-0.2, 0) is 16.4 Å². The number of aromatic nitrogens is 1. The first-order chi connectivity index (χ1) is 12.2. The van der Waals surface area contributed by atoms with Gasteiger partial charge in [-0.15, -0.1) is 0 Å². The molecule has 1 aromatic heterocycles. The van der Waals surface area contributed by atoms with Crippen LogP contribution in [-0.4, -0.2) is 25.5 Å². The van der Waals surface area contributed by atoms with Crippen molar-refractivity contribution in [2.24, 2.45) is 0 Å². The average molecular weight is 352 g/mol. The Balaban J connectivity index is 1.89. The topological polar surface area (TPSA) is 51.1 Å². The van der Waals surface area contributed by atoms with Gasteiger partial charge in [-0.05, 0) is 42.3 Å². The average Bonchev–Trinajstić information content (AvgIpc) is 2.97. The van der Waals surface area contributed by atoms with Crippen LogP contribution in [0.25, 0.3) is 0 Å². The molecule has 1 unspecified atom stereocenters. The minimum Gasteiger partial charge on any atom is -0.315 e. The standard InChI is InChI=1S/C20H20N2O2S/c23-25(24,18-9-5-2-6-10-18)22-14-12-17-11-13-21-15-19(20(17)22)16-7-3-1-4-8-16/h1-10,12,14,19,21H,11,13,15H2. The summed E-state index contributed by atoms with van der Waals surface area (Å²) in [6.45, 7) is 1.58. The molecule has 5 heteroatoms. The predicted molar refractivity (Wildman–Crippen MR) is 98.3 cm³/mol. The first kappa shape index (κ1) is 16.1. The molecule has 128 valence electrons. The SMILES string of the molecule is O=S(=O)(c1ccccc1)n1ccc2c1C(c1ccccc1)CNCC2. The smallest absolute Gasteiger partial charge is 0.267 e. The van der Waals surface area contributed by atoms with Gasteiger partial charge in [-0.25, -0.2) is 12.4 Å². The molecule has 0 aliphatic carbocycles. The highest BCUT2D eigenvalue weighted by Crippen LogP contribution is 2.32. The minimum absolute atomic E-state index is 0.00665. The van der Waals surface area contributed by atoms with Crippen molar-refractivity contribution in [2.75, 3.05) is 13.1 Å². The van der Waals surface area contributed by atoms with Crippen molar-refractivity contribution in [3.05, 3.63) is 89.7 Å². The second kappa shape index (κ2) is 6.50. The van der Waals surface area contributed by atoms with Gasteiger partial charge in [-0.2, -0.15) is 0 Å². The Morgan fingerprint density at radius 1 is 0.920 bits per heavy atom. The van der Waals surface area contributed by atoms with Crippen molar-refractivity contribution < 1.29 is 8.42 Å². The molecule has 1 atom stereocenters. The molecule has 0 saturated carbocycles. The lowest BCUT2D eigenvalue weighted by Gasteiger charge is -2.20. The summed E-state index contributed by atoms with van der Waals surface area (Å²) in [6, 6.07) is 20.7. The van der Waals surface area contributed by atoms with E-state index >= 15 is 0 Å². The zero-order valence-electron chi connectivity index (χ0n) is 13.8. The third-order valence-electron chi connectivity index (χ3n) is 4.73. The Hall–Kier alpha value is -2.37. The van der Waals surface area contributed by atoms with Gasteiger partial charge in [-0.3, -0.25) is 0 Å². The van der Waals surface area contributed by atoms with Crippen LogP contribution >= 0.6 is 0 Å². The normalized spacial score (nSPS) is 17.7. The molecule has 4 nitrogen and oxygen atoms in total. The Kier molecular flexibility index (Phi) is 4.19. The molecule has 0 saturated heterocycles. The number of nitrogens with one attached hydrogen (secondary N) is 1. The molecule has 0 amide bonds. The van der Waals surface area contributed by atoms with Crippen LogP contribution < -0.4 is 5.32 Å². The molecule has 2 heterocycles. The molecule has 1 N–H and O–H groups in total. The minimum atomic E-state index is -3.61. The van der Waals surface area contributed by atoms with Gasteiger partial charge in [0.2, 0.25) is 0 Å². The lowest BCUT2D eigenvalue weighted by Crippen LogP contribution is -2.24. The highest BCUT2D eigenvalue weighted by molar-refractivity contribution is 7.90. The molecule has 1 aliphatic heterocycles. The van der Waals surface area contributed by atoms with Gasteiger partial charge >= 0.3 is 0 Å². The summed E-state index contributed by atoms with van der Waals surface area (Å²) in [5, 5.41) is 3.44. The van der Waals surface area contributed by atoms with Crippen LogP contribution in [0.4, 0.5) is 0 Å². The van der Waals surface area contributed by atoms with E-state index in [0.717, 1.165) is 36.3 Å². The Morgan fingerprint density at radius 2 is 1.60 bits per heavy atom. The number of rotatable bonds is 3. The maximum absolute atomic E-state index is 13.2. The first-order valence-corrected chi connectivity index (χ1v) is 9.88. The van der Waals surface area contributed by atoms with E-state index in [4.69, 9.17) is 0 Å². The summed E-state index contributed by atoms with van der Waals surface area (Å²) < 4.78 is 27.9. The van der Waals surface area contributed by atoms with Crippen LogP contribution in [0.15, 0.2) is 77.8 Å². The third-order valence-corrected chi connectivity index (χ3v) is 6.43. The van der Waals surface area contributed by atoms with E-state index in [1.54, 1.807) is 30.5 Å². The van der Waals surface area contributed by atoms with Crippen molar-refractivity contribution in [1.29, 1.82) is 0 Å². The maximum atomic E-state index is 13.2. The fraction of sp³-hybridized carbons (Fsp3) is 0.200. The fourth-order valence-corrected chi connectivity index (χ4v) is 4.95. The van der Waals surface area contributed by atoms with Crippen molar-refractivity contribution in [1.82, 2.24) is 9.29 Å². The Labute approximate surface area is 148 Å². The van der Waals surface area contributed by atoms with Crippen LogP contribution in [0.1, 0.15) is 22.7 Å². The van der Waals surface area contributed by atoms with Crippen molar-refractivity contribution in [2.45, 2.75) is 17.2 Å². The monoisotopic (exact) mass is 352 g/mol. The molecule has 0 fully saturated rings. The highest BCUT2D eigenvalue weighted by atomic mass is 32.2. The molecule has 3 aromatic rings. The van der Waals surface area contributed by atoms with Gasteiger partial charge < -0.3 is 5.32 Å². The number of hydrogen-bond acceptors (Lipinski definition) is 3. The van der Waals surface area contributed by atoms with E-state index in [-0.39, 0.29) is 5.92 Å². The van der Waals surface area contributed by atoms with Gasteiger partial charge in [0.05, 0.1) is 4.90 Å². The van der Waals surface area contributed by atoms with E-state index in [9.17, 15) is 8.42 Å². The van der Waals surface area contributed by atoms with Crippen molar-refractivity contribution >= 4 is 10.0 Å². The molecule has 2 aromatic carbocycles. The van der Waals surface area contributed by atoms with Gasteiger partial charge in [0, 0.05) is 24.4 Å². The van der Waals surface area contributed by atoms with Gasteiger partial charge in [-0.1, -0.05) is 48.5 Å². The summed E-state index contributed by atoms with van der Waals surface area (Å²) in [5.41, 5.74) is 3.10. The molecular formula is C20H20N2O2S. The zero-order chi connectivity index (χ0) is 17.3. The molecule has 1 aliphatic rings. The molecule has 0 radical (unpaired) electrons. The third kappa shape index (κ3) is 2.90. The van der Waals surface area contributed by atoms with E-state index < -0.39 is 10.0 Å². The largest absolute Gasteiger partial charge is 0.315 e. The zero-order valence-corrected chi connectivity index (χ0v) is 14.6. The summed E-state index contributed by atoms with van der Waals surface area (Å²) in [4.78, 5) is 0.317. The predicted octanol–water partition coefficient (Wildman–Crippen LogP) is 3.00. The summed E-state index contributed by atoms with van der Waals surface area (Å²) >= 11 is 0. The summed E-state index contributed by atoms with van der Waals surface area (Å²) in [5.74, 6) is 0.00665. The quantitative estimate of drug-likeness (QED) is 0.788. The number of benzene rings is 2. The van der Waals surface area contributed by atoms with Gasteiger partial charge in [0.1, 0.15) is 0 Å². The van der Waals surface area contributed by atoms with Gasteiger partial charge in [0.25, 0.3) is 10.0 Å². The second-order valence-electron chi connectivity index (χ2n) is 6.26. The lowest BCUT2D eigenvalue weighted by molar-refractivity contribution is 0.581. The lowest BCUT2D eigenvalue weighted by atomic mass is 9.94. The van der Waals surface area contributed by atoms with Gasteiger partial charge in [0.15, 0.2) is 0 Å². The highest BCUT2D eigenvalue weighted by Gasteiger charge is 2.29. The Bertz CT molecular complexity index is 963. The van der Waals surface area contributed by atoms with Crippen LogP contribution in [0.2, 0.25) is 0 Å². The van der Waals surface area contributed by atoms with Crippen LogP contribution in [0, 0.1) is 0 Å². The Morgan fingerprint density at radius 3 is 2.32 bits per heavy atom. The second-order valence-corrected chi connectivity index (χ2v) is 8.07. The molecule has 25 heavy (non-hydrogen) atoms. The molecule has 0 spiro atoms. The van der Waals surface area contributed by atoms with E-state index in [1.165, 1.54) is 3.97 Å². The summed E-state index contributed by atoms with van der Waals surface area (Å²) in [7, 11) is -3.61. The number of fused-ring (bicyclic) bond motifs is 1. The molecule has 4 rings (SSSR count). The number of hydrogen-bond donors (Lipinski definition) is 1. The summed E-state index contributed by atoms with van der Waals surface area (Å²) in [6.07, 6.45) is 2.53. The number of nitrogens with zero attached hydrogens (tertiary/aromatic N) is 1.